The zero-order valence-electron chi connectivity index (χ0n) is 9.09. The molecule has 0 aliphatic rings. The first kappa shape index (κ1) is 10.8. The van der Waals surface area contributed by atoms with Crippen molar-refractivity contribution in [3.05, 3.63) is 48.2 Å². The van der Waals surface area contributed by atoms with Crippen LogP contribution in [0.5, 0.6) is 0 Å². The van der Waals surface area contributed by atoms with Gasteiger partial charge in [0.15, 0.2) is 0 Å². The zero-order valence-corrected chi connectivity index (χ0v) is 9.09. The highest BCUT2D eigenvalue weighted by molar-refractivity contribution is 5.17. The standard InChI is InChI=1S/C13H19N.H2/c1-4-14-12(3)11(2)10-13-8-6-5-7-9-13;/h5-9,11,14H,3-4,10H2,1-2H3;1H/t11-;/m0./s1. The Balaban J connectivity index is 0.00000196. The number of nitrogens with one attached hydrogen (secondary N) is 1. The first-order valence-electron chi connectivity index (χ1n) is 5.20. The van der Waals surface area contributed by atoms with Gasteiger partial charge in [0.25, 0.3) is 0 Å². The van der Waals surface area contributed by atoms with Gasteiger partial charge in [0.2, 0.25) is 0 Å². The number of benzene rings is 1. The van der Waals surface area contributed by atoms with Gasteiger partial charge in [0, 0.05) is 13.7 Å². The molecule has 1 aromatic carbocycles. The molecule has 0 spiro atoms. The highest BCUT2D eigenvalue weighted by Gasteiger charge is 2.05. The lowest BCUT2D eigenvalue weighted by Gasteiger charge is -2.15. The van der Waals surface area contributed by atoms with E-state index in [4.69, 9.17) is 0 Å². The Morgan fingerprint density at radius 3 is 2.64 bits per heavy atom. The molecule has 0 amide bonds. The summed E-state index contributed by atoms with van der Waals surface area (Å²) in [6.45, 7) is 9.29. The predicted octanol–water partition coefficient (Wildman–Crippen LogP) is 3.23. The average molecular weight is 191 g/mol. The maximum atomic E-state index is 4.03. The van der Waals surface area contributed by atoms with Gasteiger partial charge in [-0.25, -0.2) is 0 Å². The van der Waals surface area contributed by atoms with Gasteiger partial charge in [-0.2, -0.15) is 0 Å². The van der Waals surface area contributed by atoms with Crippen molar-refractivity contribution in [3.63, 3.8) is 0 Å². The minimum absolute atomic E-state index is 0. The lowest BCUT2D eigenvalue weighted by Crippen LogP contribution is -2.18. The molecule has 1 nitrogen and oxygen atoms in total. The summed E-state index contributed by atoms with van der Waals surface area (Å²) >= 11 is 0. The molecule has 0 saturated heterocycles. The normalized spacial score (nSPS) is 12.1. The van der Waals surface area contributed by atoms with Crippen molar-refractivity contribution in [1.82, 2.24) is 5.32 Å². The Kier molecular flexibility index (Phi) is 4.24. The third-order valence-electron chi connectivity index (χ3n) is 2.38. The Hall–Kier alpha value is -1.24. The van der Waals surface area contributed by atoms with E-state index >= 15 is 0 Å². The van der Waals surface area contributed by atoms with Crippen LogP contribution in [0.25, 0.3) is 0 Å². The molecule has 14 heavy (non-hydrogen) atoms. The highest BCUT2D eigenvalue weighted by atomic mass is 14.9. The summed E-state index contributed by atoms with van der Waals surface area (Å²) in [5.41, 5.74) is 2.51. The van der Waals surface area contributed by atoms with Crippen LogP contribution >= 0.6 is 0 Å². The minimum Gasteiger partial charge on any atom is -0.389 e. The molecule has 0 saturated carbocycles. The van der Waals surface area contributed by atoms with Gasteiger partial charge in [0.1, 0.15) is 0 Å². The molecule has 0 unspecified atom stereocenters. The maximum absolute atomic E-state index is 4.03. The monoisotopic (exact) mass is 191 g/mol. The zero-order chi connectivity index (χ0) is 10.4. The number of allylic oxidation sites excluding steroid dienone is 1. The molecule has 0 aromatic heterocycles. The molecule has 0 aliphatic heterocycles. The number of hydrogen-bond acceptors (Lipinski definition) is 1. The van der Waals surface area contributed by atoms with Gasteiger partial charge in [0.05, 0.1) is 0 Å². The first-order valence-corrected chi connectivity index (χ1v) is 5.20. The van der Waals surface area contributed by atoms with E-state index in [0.29, 0.717) is 5.92 Å². The molecule has 1 heteroatoms. The van der Waals surface area contributed by atoms with Gasteiger partial charge in [-0.05, 0) is 24.8 Å². The van der Waals surface area contributed by atoms with E-state index in [1.54, 1.807) is 0 Å². The van der Waals surface area contributed by atoms with Crippen molar-refractivity contribution in [1.29, 1.82) is 0 Å². The average Bonchev–Trinajstić information content (AvgIpc) is 2.19. The molecular weight excluding hydrogens is 170 g/mol. The van der Waals surface area contributed by atoms with Gasteiger partial charge < -0.3 is 5.32 Å². The fraction of sp³-hybridized carbons (Fsp3) is 0.385. The second-order valence-corrected chi connectivity index (χ2v) is 3.65. The van der Waals surface area contributed by atoms with Gasteiger partial charge in [-0.3, -0.25) is 0 Å². The smallest absolute Gasteiger partial charge is 0.0115 e. The molecule has 1 aromatic rings. The molecule has 1 rings (SSSR count). The van der Waals surface area contributed by atoms with Crippen molar-refractivity contribution >= 4 is 0 Å². The van der Waals surface area contributed by atoms with Gasteiger partial charge in [-0.15, -0.1) is 0 Å². The summed E-state index contributed by atoms with van der Waals surface area (Å²) in [5, 5.41) is 3.27. The lowest BCUT2D eigenvalue weighted by molar-refractivity contribution is 0.614. The third kappa shape index (κ3) is 3.25. The molecule has 0 radical (unpaired) electrons. The number of rotatable bonds is 5. The summed E-state index contributed by atoms with van der Waals surface area (Å²) in [6.07, 6.45) is 1.06. The Bertz CT molecular complexity index is 282. The van der Waals surface area contributed by atoms with E-state index in [2.05, 4.69) is 50.0 Å². The quantitative estimate of drug-likeness (QED) is 0.753. The largest absolute Gasteiger partial charge is 0.389 e. The first-order chi connectivity index (χ1) is 6.74. The van der Waals surface area contributed by atoms with Crippen LogP contribution in [0.1, 0.15) is 20.8 Å². The van der Waals surface area contributed by atoms with Crippen molar-refractivity contribution < 1.29 is 1.43 Å². The Morgan fingerprint density at radius 1 is 1.43 bits per heavy atom. The van der Waals surface area contributed by atoms with Crippen LogP contribution in [-0.2, 0) is 6.42 Å². The summed E-state index contributed by atoms with van der Waals surface area (Å²) < 4.78 is 0. The highest BCUT2D eigenvalue weighted by Crippen LogP contribution is 2.12. The predicted molar refractivity (Wildman–Crippen MR) is 64.2 cm³/mol. The molecule has 1 atom stereocenters. The maximum Gasteiger partial charge on any atom is 0.0115 e. The molecular formula is C13H21N. The summed E-state index contributed by atoms with van der Waals surface area (Å²) in [4.78, 5) is 0. The Labute approximate surface area is 88.3 Å². The molecule has 0 bridgehead atoms. The van der Waals surface area contributed by atoms with Crippen molar-refractivity contribution in [2.75, 3.05) is 6.54 Å². The minimum atomic E-state index is 0. The van der Waals surface area contributed by atoms with Crippen LogP contribution in [0.3, 0.4) is 0 Å². The van der Waals surface area contributed by atoms with Gasteiger partial charge >= 0.3 is 0 Å². The summed E-state index contributed by atoms with van der Waals surface area (Å²) in [7, 11) is 0. The molecule has 0 fully saturated rings. The van der Waals surface area contributed by atoms with Crippen LogP contribution in [-0.4, -0.2) is 6.54 Å². The summed E-state index contributed by atoms with van der Waals surface area (Å²) in [6, 6.07) is 10.5. The fourth-order valence-electron chi connectivity index (χ4n) is 1.49. The second-order valence-electron chi connectivity index (χ2n) is 3.65. The van der Waals surface area contributed by atoms with E-state index < -0.39 is 0 Å². The summed E-state index contributed by atoms with van der Waals surface area (Å²) in [5.74, 6) is 0.498. The second kappa shape index (κ2) is 5.48. The van der Waals surface area contributed by atoms with Crippen LogP contribution < -0.4 is 5.32 Å². The van der Waals surface area contributed by atoms with Crippen LogP contribution in [0, 0.1) is 5.92 Å². The molecule has 0 aliphatic carbocycles. The Morgan fingerprint density at radius 2 is 2.07 bits per heavy atom. The van der Waals surface area contributed by atoms with E-state index in [1.165, 1.54) is 5.56 Å². The van der Waals surface area contributed by atoms with Crippen molar-refractivity contribution in [2.45, 2.75) is 20.3 Å². The van der Waals surface area contributed by atoms with E-state index in [9.17, 15) is 0 Å². The van der Waals surface area contributed by atoms with Crippen LogP contribution in [0.2, 0.25) is 0 Å². The van der Waals surface area contributed by atoms with Crippen LogP contribution in [0.4, 0.5) is 0 Å². The van der Waals surface area contributed by atoms with E-state index in [1.807, 2.05) is 6.07 Å². The molecule has 78 valence electrons. The topological polar surface area (TPSA) is 12.0 Å². The molecule has 1 N–H and O–H groups in total. The van der Waals surface area contributed by atoms with Gasteiger partial charge in [-0.1, -0.05) is 43.8 Å². The fourth-order valence-corrected chi connectivity index (χ4v) is 1.49. The SMILES string of the molecule is C=C(NCC)[C@@H](C)Cc1ccccc1.[HH]. The number of hydrogen-bond donors (Lipinski definition) is 1. The molecule has 0 heterocycles. The van der Waals surface area contributed by atoms with Crippen LogP contribution in [0.15, 0.2) is 42.6 Å². The van der Waals surface area contributed by atoms with Crippen molar-refractivity contribution in [2.24, 2.45) is 5.92 Å². The van der Waals surface area contributed by atoms with E-state index in [-0.39, 0.29) is 1.43 Å². The third-order valence-corrected chi connectivity index (χ3v) is 2.38. The lowest BCUT2D eigenvalue weighted by atomic mass is 9.99. The van der Waals surface area contributed by atoms with Crippen molar-refractivity contribution in [3.8, 4) is 0 Å². The van der Waals surface area contributed by atoms with E-state index in [0.717, 1.165) is 18.7 Å².